The van der Waals surface area contributed by atoms with Crippen molar-refractivity contribution in [1.82, 2.24) is 15.6 Å². The number of hydrogen-bond acceptors (Lipinski definition) is 4. The van der Waals surface area contributed by atoms with Gasteiger partial charge in [0.2, 0.25) is 0 Å². The maximum absolute atomic E-state index is 5.61. The van der Waals surface area contributed by atoms with E-state index in [9.17, 15) is 0 Å². The van der Waals surface area contributed by atoms with E-state index in [4.69, 9.17) is 4.74 Å². The summed E-state index contributed by atoms with van der Waals surface area (Å²) in [6, 6.07) is 9.77. The van der Waals surface area contributed by atoms with Gasteiger partial charge in [0.15, 0.2) is 5.96 Å². The zero-order chi connectivity index (χ0) is 14.9. The SMILES string of the molecule is CN=C(NCCOc1ccccc1)NCc1ncc(C)s1. The molecule has 0 amide bonds. The van der Waals surface area contributed by atoms with Crippen LogP contribution >= 0.6 is 11.3 Å². The maximum Gasteiger partial charge on any atom is 0.191 e. The molecule has 0 fully saturated rings. The van der Waals surface area contributed by atoms with E-state index in [-0.39, 0.29) is 0 Å². The maximum atomic E-state index is 5.61. The zero-order valence-corrected chi connectivity index (χ0v) is 13.1. The number of para-hydroxylation sites is 1. The van der Waals surface area contributed by atoms with Gasteiger partial charge in [0.1, 0.15) is 17.4 Å². The van der Waals surface area contributed by atoms with Gasteiger partial charge in [-0.1, -0.05) is 18.2 Å². The second-order valence-electron chi connectivity index (χ2n) is 4.38. The molecule has 1 aromatic carbocycles. The Morgan fingerprint density at radius 2 is 2.10 bits per heavy atom. The van der Waals surface area contributed by atoms with E-state index in [0.29, 0.717) is 19.7 Å². The lowest BCUT2D eigenvalue weighted by atomic mass is 10.3. The van der Waals surface area contributed by atoms with Crippen LogP contribution in [0.2, 0.25) is 0 Å². The van der Waals surface area contributed by atoms with E-state index in [1.165, 1.54) is 4.88 Å². The van der Waals surface area contributed by atoms with Gasteiger partial charge in [-0.2, -0.15) is 0 Å². The van der Waals surface area contributed by atoms with Crippen molar-refractivity contribution in [3.05, 3.63) is 46.4 Å². The third-order valence-corrected chi connectivity index (χ3v) is 3.62. The number of aliphatic imine (C=N–C) groups is 1. The van der Waals surface area contributed by atoms with Crippen molar-refractivity contribution in [1.29, 1.82) is 0 Å². The van der Waals surface area contributed by atoms with Crippen molar-refractivity contribution in [2.45, 2.75) is 13.5 Å². The molecule has 0 aliphatic heterocycles. The Morgan fingerprint density at radius 3 is 2.76 bits per heavy atom. The molecule has 1 heterocycles. The van der Waals surface area contributed by atoms with Gasteiger partial charge in [-0.05, 0) is 19.1 Å². The summed E-state index contributed by atoms with van der Waals surface area (Å²) in [5.41, 5.74) is 0. The predicted molar refractivity (Wildman–Crippen MR) is 87.0 cm³/mol. The lowest BCUT2D eigenvalue weighted by Crippen LogP contribution is -2.38. The molecule has 5 nitrogen and oxygen atoms in total. The number of thiazole rings is 1. The average molecular weight is 304 g/mol. The highest BCUT2D eigenvalue weighted by atomic mass is 32.1. The molecule has 0 unspecified atom stereocenters. The molecule has 0 aliphatic rings. The molecule has 2 N–H and O–H groups in total. The van der Waals surface area contributed by atoms with Gasteiger partial charge < -0.3 is 15.4 Å². The van der Waals surface area contributed by atoms with Gasteiger partial charge in [-0.15, -0.1) is 11.3 Å². The third kappa shape index (κ3) is 5.43. The first kappa shape index (κ1) is 15.3. The molecule has 6 heteroatoms. The summed E-state index contributed by atoms with van der Waals surface area (Å²) in [5.74, 6) is 1.63. The van der Waals surface area contributed by atoms with Crippen molar-refractivity contribution >= 4 is 17.3 Å². The van der Waals surface area contributed by atoms with Crippen LogP contribution in [0, 0.1) is 6.92 Å². The highest BCUT2D eigenvalue weighted by Gasteiger charge is 2.01. The Bertz CT molecular complexity index is 568. The van der Waals surface area contributed by atoms with Gasteiger partial charge >= 0.3 is 0 Å². The van der Waals surface area contributed by atoms with Crippen LogP contribution in [0.5, 0.6) is 5.75 Å². The lowest BCUT2D eigenvalue weighted by Gasteiger charge is -2.11. The molecule has 0 spiro atoms. The number of nitrogens with one attached hydrogen (secondary N) is 2. The van der Waals surface area contributed by atoms with E-state index >= 15 is 0 Å². The Morgan fingerprint density at radius 1 is 1.29 bits per heavy atom. The number of ether oxygens (including phenoxy) is 1. The van der Waals surface area contributed by atoms with Crippen molar-refractivity contribution < 1.29 is 4.74 Å². The number of hydrogen-bond donors (Lipinski definition) is 2. The minimum absolute atomic E-state index is 0.584. The standard InChI is InChI=1S/C15H20N4OS/c1-12-10-18-14(21-12)11-19-15(16-2)17-8-9-20-13-6-4-3-5-7-13/h3-7,10H,8-9,11H2,1-2H3,(H2,16,17,19). The minimum atomic E-state index is 0.584. The quantitative estimate of drug-likeness (QED) is 0.488. The van der Waals surface area contributed by atoms with Crippen molar-refractivity contribution in [2.24, 2.45) is 4.99 Å². The largest absolute Gasteiger partial charge is 0.492 e. The molecule has 0 saturated carbocycles. The molecule has 0 bridgehead atoms. The number of aromatic nitrogens is 1. The van der Waals surface area contributed by atoms with E-state index in [2.05, 4.69) is 27.5 Å². The monoisotopic (exact) mass is 304 g/mol. The van der Waals surface area contributed by atoms with Crippen LogP contribution in [0.3, 0.4) is 0 Å². The molecule has 2 rings (SSSR count). The fraction of sp³-hybridized carbons (Fsp3) is 0.333. The summed E-state index contributed by atoms with van der Waals surface area (Å²) >= 11 is 1.68. The van der Waals surface area contributed by atoms with Crippen LogP contribution in [0.1, 0.15) is 9.88 Å². The highest BCUT2D eigenvalue weighted by molar-refractivity contribution is 7.11. The molecule has 2 aromatic rings. The minimum Gasteiger partial charge on any atom is -0.492 e. The average Bonchev–Trinajstić information content (AvgIpc) is 2.93. The van der Waals surface area contributed by atoms with Crippen molar-refractivity contribution in [3.8, 4) is 5.75 Å². The first-order chi connectivity index (χ1) is 10.3. The summed E-state index contributed by atoms with van der Waals surface area (Å²) in [6.07, 6.45) is 1.88. The molecule has 1 aromatic heterocycles. The number of aryl methyl sites for hydroxylation is 1. The molecule has 0 atom stereocenters. The summed E-state index contributed by atoms with van der Waals surface area (Å²) in [5, 5.41) is 7.49. The second kappa shape index (κ2) is 8.26. The van der Waals surface area contributed by atoms with Crippen LogP contribution in [0.25, 0.3) is 0 Å². The summed E-state index contributed by atoms with van der Waals surface area (Å²) < 4.78 is 5.61. The fourth-order valence-corrected chi connectivity index (χ4v) is 2.44. The van der Waals surface area contributed by atoms with Crippen molar-refractivity contribution in [3.63, 3.8) is 0 Å². The molecule has 21 heavy (non-hydrogen) atoms. The molecule has 0 saturated heterocycles. The summed E-state index contributed by atoms with van der Waals surface area (Å²) in [7, 11) is 1.75. The number of rotatable bonds is 6. The van der Waals surface area contributed by atoms with E-state index in [1.807, 2.05) is 36.5 Å². The number of guanidine groups is 1. The van der Waals surface area contributed by atoms with Crippen LogP contribution in [0.15, 0.2) is 41.5 Å². The van der Waals surface area contributed by atoms with Gasteiger partial charge in [-0.3, -0.25) is 4.99 Å². The highest BCUT2D eigenvalue weighted by Crippen LogP contribution is 2.10. The topological polar surface area (TPSA) is 58.5 Å². The van der Waals surface area contributed by atoms with Crippen LogP contribution < -0.4 is 15.4 Å². The predicted octanol–water partition coefficient (Wildman–Crippen LogP) is 2.20. The Balaban J connectivity index is 1.66. The fourth-order valence-electron chi connectivity index (χ4n) is 1.72. The molecule has 0 aliphatic carbocycles. The van der Waals surface area contributed by atoms with E-state index < -0.39 is 0 Å². The normalized spacial score (nSPS) is 11.2. The third-order valence-electron chi connectivity index (χ3n) is 2.71. The second-order valence-corrected chi connectivity index (χ2v) is 5.70. The Kier molecular flexibility index (Phi) is 6.02. The van der Waals surface area contributed by atoms with E-state index in [1.54, 1.807) is 18.4 Å². The smallest absolute Gasteiger partial charge is 0.191 e. The first-order valence-corrected chi connectivity index (χ1v) is 7.63. The molecule has 112 valence electrons. The summed E-state index contributed by atoms with van der Waals surface area (Å²) in [4.78, 5) is 9.69. The molecule has 0 radical (unpaired) electrons. The Labute approximate surface area is 129 Å². The lowest BCUT2D eigenvalue weighted by molar-refractivity contribution is 0.322. The van der Waals surface area contributed by atoms with Crippen LogP contribution in [-0.2, 0) is 6.54 Å². The van der Waals surface area contributed by atoms with Gasteiger partial charge in [0, 0.05) is 18.1 Å². The summed E-state index contributed by atoms with van der Waals surface area (Å²) in [6.45, 7) is 4.00. The van der Waals surface area contributed by atoms with Gasteiger partial charge in [0.25, 0.3) is 0 Å². The molecular formula is C15H20N4OS. The van der Waals surface area contributed by atoms with Crippen LogP contribution in [-0.4, -0.2) is 31.1 Å². The Hall–Kier alpha value is -2.08. The first-order valence-electron chi connectivity index (χ1n) is 6.81. The number of nitrogens with zero attached hydrogens (tertiary/aromatic N) is 2. The van der Waals surface area contributed by atoms with Gasteiger partial charge in [-0.25, -0.2) is 4.98 Å². The van der Waals surface area contributed by atoms with Gasteiger partial charge in [0.05, 0.1) is 13.1 Å². The van der Waals surface area contributed by atoms with Crippen molar-refractivity contribution in [2.75, 3.05) is 20.2 Å². The zero-order valence-electron chi connectivity index (χ0n) is 12.3. The molecular weight excluding hydrogens is 284 g/mol. The van der Waals surface area contributed by atoms with Crippen LogP contribution in [0.4, 0.5) is 0 Å². The van der Waals surface area contributed by atoms with E-state index in [0.717, 1.165) is 16.7 Å². The number of benzene rings is 1.